The Hall–Kier alpha value is -2.00. The number of carbonyl (C=O) groups excluding carboxylic acids is 1. The van der Waals surface area contributed by atoms with Crippen molar-refractivity contribution in [3.8, 4) is 0 Å². The minimum Gasteiger partial charge on any atom is -0.480 e. The molecule has 0 amide bonds. The molecule has 0 spiro atoms. The van der Waals surface area contributed by atoms with E-state index < -0.39 is 38.7 Å². The lowest BCUT2D eigenvalue weighted by Gasteiger charge is -2.12. The average molecular weight is 305 g/mol. The van der Waals surface area contributed by atoms with E-state index in [4.69, 9.17) is 5.11 Å². The Labute approximate surface area is 114 Å². The summed E-state index contributed by atoms with van der Waals surface area (Å²) in [4.78, 5) is 21.4. The van der Waals surface area contributed by atoms with Crippen molar-refractivity contribution in [3.05, 3.63) is 29.6 Å². The van der Waals surface area contributed by atoms with E-state index in [1.165, 1.54) is 0 Å². The highest BCUT2D eigenvalue weighted by Gasteiger charge is 2.27. The Balaban J connectivity index is 3.33. The number of carbonyl (C=O) groups is 2. The standard InChI is InChI=1S/C11H12FNO6S/c1-6(10(14)15)13-20(17,18)9-5-7(12)3-4-8(9)11(16)19-2/h3-6,13H,1-2H3,(H,14,15). The number of carboxylic acid groups (broad SMARTS) is 1. The van der Waals surface area contributed by atoms with Crippen LogP contribution in [0.25, 0.3) is 0 Å². The molecule has 0 radical (unpaired) electrons. The zero-order valence-corrected chi connectivity index (χ0v) is 11.4. The van der Waals surface area contributed by atoms with Gasteiger partial charge < -0.3 is 9.84 Å². The highest BCUT2D eigenvalue weighted by molar-refractivity contribution is 7.89. The van der Waals surface area contributed by atoms with Gasteiger partial charge >= 0.3 is 11.9 Å². The molecule has 20 heavy (non-hydrogen) atoms. The molecule has 0 saturated carbocycles. The first-order chi connectivity index (χ1) is 9.19. The maximum absolute atomic E-state index is 13.2. The fraction of sp³-hybridized carbons (Fsp3) is 0.273. The number of aliphatic carboxylic acids is 1. The first-order valence-electron chi connectivity index (χ1n) is 5.32. The third-order valence-corrected chi connectivity index (χ3v) is 3.92. The molecule has 1 unspecified atom stereocenters. The number of sulfonamides is 1. The van der Waals surface area contributed by atoms with Gasteiger partial charge in [0.25, 0.3) is 0 Å². The first-order valence-corrected chi connectivity index (χ1v) is 6.80. The molecule has 0 saturated heterocycles. The fourth-order valence-corrected chi connectivity index (χ4v) is 2.75. The molecule has 1 rings (SSSR count). The van der Waals surface area contributed by atoms with Crippen LogP contribution in [-0.4, -0.2) is 38.6 Å². The van der Waals surface area contributed by atoms with Crippen LogP contribution in [0.1, 0.15) is 17.3 Å². The molecular formula is C11H12FNO6S. The maximum Gasteiger partial charge on any atom is 0.339 e. The summed E-state index contributed by atoms with van der Waals surface area (Å²) in [6.45, 7) is 1.09. The molecule has 0 heterocycles. The summed E-state index contributed by atoms with van der Waals surface area (Å²) in [5, 5.41) is 8.68. The molecule has 0 aliphatic heterocycles. The van der Waals surface area contributed by atoms with E-state index >= 15 is 0 Å². The number of carboxylic acids is 1. The van der Waals surface area contributed by atoms with Gasteiger partial charge in [-0.1, -0.05) is 0 Å². The molecule has 0 fully saturated rings. The van der Waals surface area contributed by atoms with Crippen molar-refractivity contribution in [2.24, 2.45) is 0 Å². The monoisotopic (exact) mass is 305 g/mol. The van der Waals surface area contributed by atoms with Crippen LogP contribution < -0.4 is 4.72 Å². The second-order valence-corrected chi connectivity index (χ2v) is 5.50. The van der Waals surface area contributed by atoms with Crippen LogP contribution in [0.15, 0.2) is 23.1 Å². The Morgan fingerprint density at radius 3 is 2.50 bits per heavy atom. The van der Waals surface area contributed by atoms with Crippen molar-refractivity contribution < 1.29 is 32.2 Å². The molecule has 0 aromatic heterocycles. The molecule has 1 atom stereocenters. The van der Waals surface area contributed by atoms with Gasteiger partial charge in [0.1, 0.15) is 11.9 Å². The molecule has 0 aliphatic rings. The molecule has 7 nitrogen and oxygen atoms in total. The number of hydrogen-bond donors (Lipinski definition) is 2. The fourth-order valence-electron chi connectivity index (χ4n) is 1.34. The number of ether oxygens (including phenoxy) is 1. The Bertz CT molecular complexity index is 642. The van der Waals surface area contributed by atoms with Crippen LogP contribution in [0.5, 0.6) is 0 Å². The highest BCUT2D eigenvalue weighted by atomic mass is 32.2. The van der Waals surface area contributed by atoms with Crippen LogP contribution in [0, 0.1) is 5.82 Å². The van der Waals surface area contributed by atoms with Gasteiger partial charge in [-0.2, -0.15) is 4.72 Å². The largest absolute Gasteiger partial charge is 0.480 e. The van der Waals surface area contributed by atoms with Gasteiger partial charge in [0.15, 0.2) is 0 Å². The van der Waals surface area contributed by atoms with Crippen molar-refractivity contribution in [2.75, 3.05) is 7.11 Å². The van der Waals surface area contributed by atoms with Crippen molar-refractivity contribution in [1.82, 2.24) is 4.72 Å². The zero-order valence-electron chi connectivity index (χ0n) is 10.6. The summed E-state index contributed by atoms with van der Waals surface area (Å²) in [7, 11) is -3.35. The Kier molecular flexibility index (Phi) is 4.79. The van der Waals surface area contributed by atoms with E-state index in [9.17, 15) is 22.4 Å². The lowest BCUT2D eigenvalue weighted by Crippen LogP contribution is -2.38. The van der Waals surface area contributed by atoms with E-state index in [-0.39, 0.29) is 5.56 Å². The number of methoxy groups -OCH3 is 1. The van der Waals surface area contributed by atoms with Gasteiger partial charge in [-0.05, 0) is 25.1 Å². The lowest BCUT2D eigenvalue weighted by molar-refractivity contribution is -0.138. The molecule has 9 heteroatoms. The molecule has 0 bridgehead atoms. The molecule has 0 aliphatic carbocycles. The number of rotatable bonds is 5. The second kappa shape index (κ2) is 5.97. The van der Waals surface area contributed by atoms with Crippen LogP contribution in [0.2, 0.25) is 0 Å². The zero-order chi connectivity index (χ0) is 15.5. The summed E-state index contributed by atoms with van der Waals surface area (Å²) in [6, 6.07) is 1.02. The van der Waals surface area contributed by atoms with Crippen molar-refractivity contribution in [3.63, 3.8) is 0 Å². The predicted octanol–water partition coefficient (Wildman–Crippen LogP) is 0.364. The van der Waals surface area contributed by atoms with Gasteiger partial charge in [0.05, 0.1) is 17.6 Å². The Morgan fingerprint density at radius 2 is 2.00 bits per heavy atom. The number of hydrogen-bond acceptors (Lipinski definition) is 5. The molecule has 1 aromatic carbocycles. The predicted molar refractivity (Wildman–Crippen MR) is 65.2 cm³/mol. The molecule has 2 N–H and O–H groups in total. The van der Waals surface area contributed by atoms with E-state index in [1.54, 1.807) is 0 Å². The SMILES string of the molecule is COC(=O)c1ccc(F)cc1S(=O)(=O)NC(C)C(=O)O. The lowest BCUT2D eigenvalue weighted by atomic mass is 10.2. The number of halogens is 1. The number of benzene rings is 1. The number of esters is 1. The maximum atomic E-state index is 13.2. The minimum absolute atomic E-state index is 0.390. The summed E-state index contributed by atoms with van der Waals surface area (Å²) >= 11 is 0. The van der Waals surface area contributed by atoms with Crippen LogP contribution >= 0.6 is 0 Å². The van der Waals surface area contributed by atoms with Gasteiger partial charge in [-0.3, -0.25) is 4.79 Å². The van der Waals surface area contributed by atoms with E-state index in [1.807, 2.05) is 4.72 Å². The van der Waals surface area contributed by atoms with Crippen molar-refractivity contribution in [1.29, 1.82) is 0 Å². The van der Waals surface area contributed by atoms with Gasteiger partial charge in [-0.15, -0.1) is 0 Å². The quantitative estimate of drug-likeness (QED) is 0.760. The molecular weight excluding hydrogens is 293 g/mol. The first kappa shape index (κ1) is 16.1. The number of nitrogens with one attached hydrogen (secondary N) is 1. The smallest absolute Gasteiger partial charge is 0.339 e. The summed E-state index contributed by atoms with van der Waals surface area (Å²) < 4.78 is 43.4. The third-order valence-electron chi connectivity index (χ3n) is 2.34. The van der Waals surface area contributed by atoms with Gasteiger partial charge in [0.2, 0.25) is 10.0 Å². The van der Waals surface area contributed by atoms with Gasteiger partial charge in [0, 0.05) is 0 Å². The topological polar surface area (TPSA) is 110 Å². The molecule has 1 aromatic rings. The summed E-state index contributed by atoms with van der Waals surface area (Å²) in [5.74, 6) is -3.28. The van der Waals surface area contributed by atoms with Crippen molar-refractivity contribution in [2.45, 2.75) is 17.9 Å². The summed E-state index contributed by atoms with van der Waals surface area (Å²) in [6.07, 6.45) is 0. The molecule has 110 valence electrons. The van der Waals surface area contributed by atoms with Crippen LogP contribution in [-0.2, 0) is 19.6 Å². The van der Waals surface area contributed by atoms with E-state index in [2.05, 4.69) is 4.74 Å². The van der Waals surface area contributed by atoms with Gasteiger partial charge in [-0.25, -0.2) is 17.6 Å². The highest BCUT2D eigenvalue weighted by Crippen LogP contribution is 2.18. The second-order valence-electron chi connectivity index (χ2n) is 3.81. The van der Waals surface area contributed by atoms with Crippen LogP contribution in [0.4, 0.5) is 4.39 Å². The third kappa shape index (κ3) is 3.52. The normalized spacial score (nSPS) is 12.8. The Morgan fingerprint density at radius 1 is 1.40 bits per heavy atom. The average Bonchev–Trinajstić information content (AvgIpc) is 2.37. The van der Waals surface area contributed by atoms with E-state index in [0.29, 0.717) is 6.07 Å². The summed E-state index contributed by atoms with van der Waals surface area (Å²) in [5.41, 5.74) is -0.390. The van der Waals surface area contributed by atoms with Crippen molar-refractivity contribution >= 4 is 22.0 Å². The van der Waals surface area contributed by atoms with E-state index in [0.717, 1.165) is 26.2 Å². The minimum atomic E-state index is -4.38. The van der Waals surface area contributed by atoms with Crippen LogP contribution in [0.3, 0.4) is 0 Å².